The van der Waals surface area contributed by atoms with Gasteiger partial charge in [0.25, 0.3) is 0 Å². The maximum atomic E-state index is 5.74. The van der Waals surface area contributed by atoms with Gasteiger partial charge in [-0.3, -0.25) is 4.98 Å². The van der Waals surface area contributed by atoms with Crippen molar-refractivity contribution in [3.05, 3.63) is 30.1 Å². The van der Waals surface area contributed by atoms with Gasteiger partial charge in [-0.05, 0) is 31.9 Å². The summed E-state index contributed by atoms with van der Waals surface area (Å²) in [6.45, 7) is 6.62. The number of ether oxygens (including phenoxy) is 2. The van der Waals surface area contributed by atoms with Crippen LogP contribution in [0.4, 0.5) is 0 Å². The average molecular weight is 434 g/mol. The number of rotatable bonds is 8. The Labute approximate surface area is 155 Å². The van der Waals surface area contributed by atoms with Gasteiger partial charge in [0.05, 0.1) is 24.9 Å². The van der Waals surface area contributed by atoms with Gasteiger partial charge in [-0.1, -0.05) is 6.07 Å². The minimum Gasteiger partial charge on any atom is -0.379 e. The highest BCUT2D eigenvalue weighted by atomic mass is 127. The minimum absolute atomic E-state index is 0. The zero-order valence-corrected chi connectivity index (χ0v) is 16.0. The molecule has 1 fully saturated rings. The number of nitrogens with one attached hydrogen (secondary N) is 2. The standard InChI is InChI=1S/C16H26N4O2.HI/c1-2-17-16(20-12-14-6-3-4-8-18-14)19-9-5-10-22-15-7-11-21-13-15;/h3-4,6,8,15H,2,5,7,9-13H2,1H3,(H2,17,19,20);1H. The minimum atomic E-state index is 0. The summed E-state index contributed by atoms with van der Waals surface area (Å²) in [7, 11) is 0. The lowest BCUT2D eigenvalue weighted by Crippen LogP contribution is -2.38. The van der Waals surface area contributed by atoms with Gasteiger partial charge < -0.3 is 20.1 Å². The quantitative estimate of drug-likeness (QED) is 0.284. The van der Waals surface area contributed by atoms with Crippen molar-refractivity contribution in [2.75, 3.05) is 32.9 Å². The molecule has 23 heavy (non-hydrogen) atoms. The Morgan fingerprint density at radius 3 is 3.04 bits per heavy atom. The average Bonchev–Trinajstić information content (AvgIpc) is 3.06. The van der Waals surface area contributed by atoms with E-state index in [0.717, 1.165) is 57.4 Å². The van der Waals surface area contributed by atoms with Crippen LogP contribution in [0.5, 0.6) is 0 Å². The van der Waals surface area contributed by atoms with Gasteiger partial charge in [0.15, 0.2) is 5.96 Å². The Balaban J connectivity index is 0.00000264. The number of halogens is 1. The summed E-state index contributed by atoms with van der Waals surface area (Å²) in [5.74, 6) is 0.817. The van der Waals surface area contributed by atoms with E-state index in [0.29, 0.717) is 6.54 Å². The monoisotopic (exact) mass is 434 g/mol. The normalized spacial score (nSPS) is 17.6. The van der Waals surface area contributed by atoms with E-state index in [9.17, 15) is 0 Å². The van der Waals surface area contributed by atoms with E-state index in [-0.39, 0.29) is 30.1 Å². The zero-order valence-electron chi connectivity index (χ0n) is 13.7. The second-order valence-corrected chi connectivity index (χ2v) is 5.15. The van der Waals surface area contributed by atoms with Gasteiger partial charge in [0, 0.05) is 32.5 Å². The van der Waals surface area contributed by atoms with Crippen LogP contribution >= 0.6 is 24.0 Å². The van der Waals surface area contributed by atoms with Gasteiger partial charge in [-0.25, -0.2) is 4.99 Å². The van der Waals surface area contributed by atoms with Crippen LogP contribution in [-0.4, -0.2) is 50.0 Å². The summed E-state index contributed by atoms with van der Waals surface area (Å²) in [6, 6.07) is 5.86. The summed E-state index contributed by atoms with van der Waals surface area (Å²) in [4.78, 5) is 8.80. The lowest BCUT2D eigenvalue weighted by Gasteiger charge is -2.12. The Morgan fingerprint density at radius 1 is 1.43 bits per heavy atom. The molecule has 1 unspecified atom stereocenters. The van der Waals surface area contributed by atoms with E-state index in [2.05, 4.69) is 27.5 Å². The molecule has 1 aliphatic rings. The van der Waals surface area contributed by atoms with Crippen molar-refractivity contribution in [3.63, 3.8) is 0 Å². The maximum absolute atomic E-state index is 5.74. The molecule has 2 heterocycles. The molecule has 1 aromatic heterocycles. The van der Waals surface area contributed by atoms with E-state index in [1.165, 1.54) is 0 Å². The van der Waals surface area contributed by atoms with Gasteiger partial charge in [0.1, 0.15) is 0 Å². The first-order chi connectivity index (χ1) is 10.9. The number of aromatic nitrogens is 1. The lowest BCUT2D eigenvalue weighted by atomic mass is 10.3. The van der Waals surface area contributed by atoms with Crippen LogP contribution < -0.4 is 10.6 Å². The van der Waals surface area contributed by atoms with Crippen molar-refractivity contribution in [1.82, 2.24) is 15.6 Å². The third-order valence-electron chi connectivity index (χ3n) is 3.32. The van der Waals surface area contributed by atoms with Crippen molar-refractivity contribution in [3.8, 4) is 0 Å². The Morgan fingerprint density at radius 2 is 2.35 bits per heavy atom. The molecule has 0 saturated carbocycles. The molecule has 7 heteroatoms. The van der Waals surface area contributed by atoms with Gasteiger partial charge in [-0.2, -0.15) is 0 Å². The number of guanidine groups is 1. The fourth-order valence-electron chi connectivity index (χ4n) is 2.17. The molecule has 0 amide bonds. The zero-order chi connectivity index (χ0) is 15.5. The molecular weight excluding hydrogens is 407 g/mol. The highest BCUT2D eigenvalue weighted by Gasteiger charge is 2.15. The molecule has 0 spiro atoms. The van der Waals surface area contributed by atoms with Crippen LogP contribution in [0.1, 0.15) is 25.5 Å². The molecular formula is C16H27IN4O2. The molecule has 0 bridgehead atoms. The van der Waals surface area contributed by atoms with Gasteiger partial charge in [-0.15, -0.1) is 24.0 Å². The molecule has 1 aromatic rings. The van der Waals surface area contributed by atoms with Crippen LogP contribution in [0.15, 0.2) is 29.4 Å². The Kier molecular flexibility index (Phi) is 10.9. The fourth-order valence-corrected chi connectivity index (χ4v) is 2.17. The summed E-state index contributed by atoms with van der Waals surface area (Å²) < 4.78 is 11.0. The first-order valence-corrected chi connectivity index (χ1v) is 8.00. The molecule has 0 aromatic carbocycles. The molecule has 1 aliphatic heterocycles. The van der Waals surface area contributed by atoms with E-state index in [4.69, 9.17) is 9.47 Å². The van der Waals surface area contributed by atoms with E-state index < -0.39 is 0 Å². The highest BCUT2D eigenvalue weighted by Crippen LogP contribution is 2.07. The summed E-state index contributed by atoms with van der Waals surface area (Å²) >= 11 is 0. The van der Waals surface area contributed by atoms with Crippen LogP contribution in [0, 0.1) is 0 Å². The molecule has 1 atom stereocenters. The van der Waals surface area contributed by atoms with E-state index in [1.54, 1.807) is 6.20 Å². The van der Waals surface area contributed by atoms with Gasteiger partial charge in [0.2, 0.25) is 0 Å². The van der Waals surface area contributed by atoms with Crippen molar-refractivity contribution < 1.29 is 9.47 Å². The van der Waals surface area contributed by atoms with E-state index >= 15 is 0 Å². The smallest absolute Gasteiger partial charge is 0.191 e. The van der Waals surface area contributed by atoms with Crippen molar-refractivity contribution in [2.45, 2.75) is 32.4 Å². The van der Waals surface area contributed by atoms with Crippen molar-refractivity contribution in [1.29, 1.82) is 0 Å². The summed E-state index contributed by atoms with van der Waals surface area (Å²) in [6.07, 6.45) is 4.03. The second-order valence-electron chi connectivity index (χ2n) is 5.15. The topological polar surface area (TPSA) is 67.8 Å². The summed E-state index contributed by atoms with van der Waals surface area (Å²) in [5.41, 5.74) is 0.962. The SMILES string of the molecule is CCNC(=NCc1ccccn1)NCCCOC1CCOC1.I. The van der Waals surface area contributed by atoms with Gasteiger partial charge >= 0.3 is 0 Å². The third-order valence-corrected chi connectivity index (χ3v) is 3.32. The molecule has 0 radical (unpaired) electrons. The van der Waals surface area contributed by atoms with Crippen LogP contribution in [0.2, 0.25) is 0 Å². The molecule has 1 saturated heterocycles. The predicted molar refractivity (Wildman–Crippen MR) is 102 cm³/mol. The summed E-state index contributed by atoms with van der Waals surface area (Å²) in [5, 5.41) is 6.55. The number of hydrogen-bond donors (Lipinski definition) is 2. The maximum Gasteiger partial charge on any atom is 0.191 e. The molecule has 2 rings (SSSR count). The molecule has 2 N–H and O–H groups in total. The highest BCUT2D eigenvalue weighted by molar-refractivity contribution is 14.0. The number of pyridine rings is 1. The molecule has 6 nitrogen and oxygen atoms in total. The van der Waals surface area contributed by atoms with Crippen LogP contribution in [0.25, 0.3) is 0 Å². The first kappa shape index (κ1) is 20.1. The number of nitrogens with zero attached hydrogens (tertiary/aromatic N) is 2. The second kappa shape index (κ2) is 12.5. The Bertz CT molecular complexity index is 439. The van der Waals surface area contributed by atoms with Crippen molar-refractivity contribution >= 4 is 29.9 Å². The third kappa shape index (κ3) is 8.47. The van der Waals surface area contributed by atoms with Crippen LogP contribution in [0.3, 0.4) is 0 Å². The fraction of sp³-hybridized carbons (Fsp3) is 0.625. The number of hydrogen-bond acceptors (Lipinski definition) is 4. The first-order valence-electron chi connectivity index (χ1n) is 8.00. The van der Waals surface area contributed by atoms with Crippen LogP contribution in [-0.2, 0) is 16.0 Å². The molecule has 0 aliphatic carbocycles. The largest absolute Gasteiger partial charge is 0.379 e. The Hall–Kier alpha value is -0.930. The van der Waals surface area contributed by atoms with Crippen molar-refractivity contribution in [2.24, 2.45) is 4.99 Å². The van der Waals surface area contributed by atoms with E-state index in [1.807, 2.05) is 18.2 Å². The number of aliphatic imine (C=N–C) groups is 1. The lowest BCUT2D eigenvalue weighted by molar-refractivity contribution is 0.0420. The molecule has 130 valence electrons. The predicted octanol–water partition coefficient (Wildman–Crippen LogP) is 1.95.